The fourth-order valence-electron chi connectivity index (χ4n) is 14.8. The van der Waals surface area contributed by atoms with E-state index < -0.39 is 12.1 Å². The number of aryl methyl sites for hydroxylation is 3. The number of halogens is 1. The highest BCUT2D eigenvalue weighted by Crippen LogP contribution is 2.49. The molecule has 7 heterocycles. The average Bonchev–Trinajstić information content (AvgIpc) is 1.65. The number of piperidine rings is 1. The van der Waals surface area contributed by atoms with Crippen LogP contribution in [0.3, 0.4) is 0 Å². The molecule has 2 atom stereocenters. The Morgan fingerprint density at radius 2 is 1.04 bits per heavy atom. The second kappa shape index (κ2) is 35.0. The molecule has 0 radical (unpaired) electrons. The maximum Gasteiger partial charge on any atom is 0.255 e. The van der Waals surface area contributed by atoms with E-state index in [1.807, 2.05) is 91.0 Å². The maximum atomic E-state index is 13.2. The van der Waals surface area contributed by atoms with Crippen LogP contribution in [0.2, 0.25) is 0 Å². The molecule has 5 N–H and O–H groups in total. The Morgan fingerprint density at radius 3 is 1.58 bits per heavy atom. The van der Waals surface area contributed by atoms with Gasteiger partial charge >= 0.3 is 0 Å². The third-order valence-electron chi connectivity index (χ3n) is 20.8. The molecular formula is C86H89ClN8O12S2. The molecule has 20 nitrogen and oxygen atoms in total. The van der Waals surface area contributed by atoms with Crippen LogP contribution >= 0.6 is 34.3 Å². The topological polar surface area (TPSA) is 232 Å². The van der Waals surface area contributed by atoms with Crippen molar-refractivity contribution in [3.05, 3.63) is 209 Å². The summed E-state index contributed by atoms with van der Waals surface area (Å²) in [4.78, 5) is 85.9. The minimum Gasteiger partial charge on any atom is -0.508 e. The summed E-state index contributed by atoms with van der Waals surface area (Å²) in [5.74, 6) is 4.70. The molecule has 23 heteroatoms. The van der Waals surface area contributed by atoms with Gasteiger partial charge in [-0.15, -0.1) is 34.3 Å². The van der Waals surface area contributed by atoms with Crippen LogP contribution in [0.25, 0.3) is 41.1 Å². The quantitative estimate of drug-likeness (QED) is 0.0228. The molecule has 564 valence electrons. The van der Waals surface area contributed by atoms with Crippen molar-refractivity contribution in [3.8, 4) is 66.9 Å². The number of hydrogen-bond acceptors (Lipinski definition) is 19. The van der Waals surface area contributed by atoms with Crippen molar-refractivity contribution in [2.45, 2.75) is 84.0 Å². The summed E-state index contributed by atoms with van der Waals surface area (Å²) in [5.41, 5.74) is 9.87. The number of piperazine rings is 2. The van der Waals surface area contributed by atoms with Gasteiger partial charge in [-0.2, -0.15) is 0 Å². The molecule has 4 amide bonds. The van der Waals surface area contributed by atoms with Crippen LogP contribution in [0.15, 0.2) is 170 Å². The molecule has 16 rings (SSSR count). The minimum absolute atomic E-state index is 0.0357. The predicted octanol–water partition coefficient (Wildman–Crippen LogP) is 14.4. The fourth-order valence-corrected chi connectivity index (χ4v) is 17.2. The van der Waals surface area contributed by atoms with Gasteiger partial charge in [0.1, 0.15) is 59.5 Å². The third-order valence-corrected chi connectivity index (χ3v) is 23.4. The number of phenols is 2. The van der Waals surface area contributed by atoms with E-state index in [1.54, 1.807) is 62.8 Å². The van der Waals surface area contributed by atoms with Crippen LogP contribution in [0.4, 0.5) is 5.69 Å². The van der Waals surface area contributed by atoms with E-state index in [2.05, 4.69) is 93.0 Å². The predicted molar refractivity (Wildman–Crippen MR) is 428 cm³/mol. The smallest absolute Gasteiger partial charge is 0.255 e. The Morgan fingerprint density at radius 1 is 0.541 bits per heavy atom. The molecule has 0 bridgehead atoms. The summed E-state index contributed by atoms with van der Waals surface area (Å²) < 4.78 is 26.9. The number of carbonyl (C=O) groups is 6. The lowest BCUT2D eigenvalue weighted by Gasteiger charge is -2.34. The first-order valence-corrected chi connectivity index (χ1v) is 39.6. The van der Waals surface area contributed by atoms with Gasteiger partial charge in [-0.3, -0.25) is 48.8 Å². The third kappa shape index (κ3) is 18.3. The molecule has 2 unspecified atom stereocenters. The first kappa shape index (κ1) is 75.6. The van der Waals surface area contributed by atoms with Gasteiger partial charge in [0, 0.05) is 153 Å². The van der Waals surface area contributed by atoms with Crippen molar-refractivity contribution >= 4 is 95.3 Å². The molecule has 4 fully saturated rings. The second-order valence-electron chi connectivity index (χ2n) is 28.3. The van der Waals surface area contributed by atoms with Crippen LogP contribution in [0.1, 0.15) is 87.1 Å². The first-order chi connectivity index (χ1) is 53.1. The average molecular weight is 1530 g/mol. The highest BCUT2D eigenvalue weighted by Gasteiger charge is 2.41. The summed E-state index contributed by atoms with van der Waals surface area (Å²) in [6, 6.07) is 53.5. The minimum atomic E-state index is -0.557. The zero-order chi connectivity index (χ0) is 75.5. The number of phenolic OH excluding ortho intramolecular Hbond substituents is 2. The number of imide groups is 1. The highest BCUT2D eigenvalue weighted by atomic mass is 35.5. The van der Waals surface area contributed by atoms with Crippen molar-refractivity contribution in [1.29, 1.82) is 0 Å². The van der Waals surface area contributed by atoms with Gasteiger partial charge < -0.3 is 49.6 Å². The molecule has 10 aromatic rings. The maximum absolute atomic E-state index is 13.2. The number of hydrogen-bond donors (Lipinski definition) is 5. The van der Waals surface area contributed by atoms with E-state index >= 15 is 0 Å². The van der Waals surface area contributed by atoms with E-state index in [-0.39, 0.29) is 59.5 Å². The van der Waals surface area contributed by atoms with Crippen molar-refractivity contribution in [1.82, 2.24) is 35.1 Å². The highest BCUT2D eigenvalue weighted by molar-refractivity contribution is 7.23. The lowest BCUT2D eigenvalue weighted by atomic mass is 9.92. The van der Waals surface area contributed by atoms with E-state index in [4.69, 9.17) is 30.5 Å². The van der Waals surface area contributed by atoms with E-state index in [1.165, 1.54) is 11.1 Å². The Hall–Kier alpha value is -10.2. The number of rotatable bonds is 23. The summed E-state index contributed by atoms with van der Waals surface area (Å²) in [7, 11) is 0. The number of ether oxygens (including phenoxy) is 4. The Bertz CT molecular complexity index is 4940. The van der Waals surface area contributed by atoms with Crippen molar-refractivity contribution in [3.63, 3.8) is 0 Å². The van der Waals surface area contributed by atoms with Crippen LogP contribution in [0, 0.1) is 13.8 Å². The monoisotopic (exact) mass is 1520 g/mol. The number of nitrogens with zero attached hydrogens (tertiary/aromatic N) is 5. The number of Topliss-reactive ketones (excluding diaryl/α,β-unsaturated/α-hetero) is 2. The van der Waals surface area contributed by atoms with Crippen molar-refractivity contribution in [2.24, 2.45) is 0 Å². The van der Waals surface area contributed by atoms with Gasteiger partial charge in [-0.1, -0.05) is 77.9 Å². The molecule has 1 aliphatic carbocycles. The number of nitrogens with one attached hydrogen (secondary N) is 3. The van der Waals surface area contributed by atoms with Gasteiger partial charge in [-0.25, -0.2) is 0 Å². The molecule has 1 saturated carbocycles. The number of fused-ring (bicyclic) bond motifs is 4. The van der Waals surface area contributed by atoms with Crippen molar-refractivity contribution in [2.75, 3.05) is 103 Å². The van der Waals surface area contributed by atoms with Gasteiger partial charge in [-0.05, 0) is 165 Å². The van der Waals surface area contributed by atoms with E-state index in [0.717, 1.165) is 189 Å². The molecule has 6 aliphatic rings. The summed E-state index contributed by atoms with van der Waals surface area (Å²) in [6.45, 7) is 17.8. The molecule has 2 aromatic heterocycles. The SMILES string of the molecule is Cc1ccc(-c2sc3cc(O)ccc3c2Oc2ccc(OCCN3CCN(CCNc4cccc5c4CN(C4CCC(=O)CC4=O)C5=O)CC3)cc2)cc1.Cc1ccc(-c2sc3cc(O)ccc3c2Oc2ccc(OCCN3CCNCC3)cc2)cc1.O=C1CCC(N2Cc3c(CCCCl)cccc3C2=O)C(=O)N1. The largest absolute Gasteiger partial charge is 0.508 e. The standard InChI is InChI=1S/C43H44N4O6S.C27H28N2O3S.C16H17ClN2O3/c1-28-5-7-29(8-6-28)42-41(35-15-9-31(49)26-40(35)54-42)53-33-13-11-32(12-14-33)52-24-23-46-21-19-45(20-22-46)18-17-44-37-4-2-3-34-36(37)27-47(43(34)51)38-16-10-30(48)25-39(38)50;1-19-2-4-20(5-3-19)27-26(24-11-6-21(30)18-25(24)33-27)32-23-9-7-22(8-10-23)31-17-16-29-14-12-28-13-15-29;17-8-2-4-10-3-1-5-11-12(10)9-19(16(11)22)13-6-7-14(20)18-15(13)21/h2-9,11-15,26,38,44,49H,10,16-25,27H2,1H3;2-11,18,28,30H,12-17H2,1H3;1,3,5,13H,2,4,6-9H2,(H,18,20,21). The number of ketones is 2. The number of thiophene rings is 2. The lowest BCUT2D eigenvalue weighted by molar-refractivity contribution is -0.137. The number of amides is 4. The van der Waals surface area contributed by atoms with Crippen LogP contribution in [0.5, 0.6) is 46.0 Å². The summed E-state index contributed by atoms with van der Waals surface area (Å²) in [5, 5.41) is 31.2. The van der Waals surface area contributed by atoms with Crippen LogP contribution in [-0.4, -0.2) is 180 Å². The summed E-state index contributed by atoms with van der Waals surface area (Å²) >= 11 is 8.98. The van der Waals surface area contributed by atoms with E-state index in [0.29, 0.717) is 62.6 Å². The van der Waals surface area contributed by atoms with Gasteiger partial charge in [0.2, 0.25) is 11.8 Å². The van der Waals surface area contributed by atoms with Crippen molar-refractivity contribution < 1.29 is 57.9 Å². The number of aromatic hydroxyl groups is 2. The Kier molecular flexibility index (Phi) is 24.3. The second-order valence-corrected chi connectivity index (χ2v) is 30.8. The molecular weight excluding hydrogens is 1440 g/mol. The Labute approximate surface area is 647 Å². The normalized spacial score (nSPS) is 17.5. The Balaban J connectivity index is 0.000000152. The number of anilines is 1. The number of carbonyl (C=O) groups excluding carboxylic acids is 6. The summed E-state index contributed by atoms with van der Waals surface area (Å²) in [6.07, 6.45) is 3.04. The van der Waals surface area contributed by atoms with Crippen LogP contribution < -0.4 is 34.9 Å². The number of benzene rings is 8. The zero-order valence-electron chi connectivity index (χ0n) is 61.2. The molecule has 109 heavy (non-hydrogen) atoms. The molecule has 0 spiro atoms. The zero-order valence-corrected chi connectivity index (χ0v) is 63.6. The lowest BCUT2D eigenvalue weighted by Crippen LogP contribution is -2.52. The molecule has 5 aliphatic heterocycles. The van der Waals surface area contributed by atoms with Crippen LogP contribution in [-0.2, 0) is 38.7 Å². The molecule has 8 aromatic carbocycles. The van der Waals surface area contributed by atoms with Gasteiger partial charge in [0.15, 0.2) is 17.3 Å². The van der Waals surface area contributed by atoms with E-state index in [9.17, 15) is 39.0 Å². The fraction of sp³-hybridized carbons (Fsp3) is 0.326. The van der Waals surface area contributed by atoms with Gasteiger partial charge in [0.25, 0.3) is 11.8 Å². The number of alkyl halides is 1. The van der Waals surface area contributed by atoms with Gasteiger partial charge in [0.05, 0.1) is 22.2 Å². The molecule has 3 saturated heterocycles. The first-order valence-electron chi connectivity index (χ1n) is 37.4.